The largest absolute Gasteiger partial charge is 0.335 e. The van der Waals surface area contributed by atoms with E-state index in [2.05, 4.69) is 28.3 Å². The first-order valence-electron chi connectivity index (χ1n) is 6.32. The summed E-state index contributed by atoms with van der Waals surface area (Å²) in [7, 11) is 0. The zero-order valence-electron chi connectivity index (χ0n) is 10.3. The van der Waals surface area contributed by atoms with E-state index in [4.69, 9.17) is 0 Å². The fraction of sp³-hybridized carbons (Fsp3) is 0.615. The molecular formula is C13H20N2OS. The molecule has 94 valence electrons. The van der Waals surface area contributed by atoms with E-state index in [9.17, 15) is 4.79 Å². The van der Waals surface area contributed by atoms with Gasteiger partial charge in [-0.25, -0.2) is 4.79 Å². The third-order valence-corrected chi connectivity index (χ3v) is 4.25. The van der Waals surface area contributed by atoms with Crippen molar-refractivity contribution in [2.75, 3.05) is 0 Å². The van der Waals surface area contributed by atoms with E-state index in [-0.39, 0.29) is 6.03 Å². The summed E-state index contributed by atoms with van der Waals surface area (Å²) in [5.41, 5.74) is 2.47. The number of nitrogens with one attached hydrogen (secondary N) is 2. The highest BCUT2D eigenvalue weighted by Crippen LogP contribution is 2.17. The van der Waals surface area contributed by atoms with E-state index in [1.807, 2.05) is 0 Å². The Hall–Kier alpha value is -1.03. The molecule has 2 rings (SSSR count). The lowest BCUT2D eigenvalue weighted by Gasteiger charge is -2.22. The summed E-state index contributed by atoms with van der Waals surface area (Å²) in [6, 6.07) is 0.356. The maximum Gasteiger partial charge on any atom is 0.315 e. The molecule has 1 fully saturated rings. The van der Waals surface area contributed by atoms with Crippen LogP contribution in [-0.4, -0.2) is 12.1 Å². The van der Waals surface area contributed by atoms with E-state index < -0.39 is 0 Å². The summed E-state index contributed by atoms with van der Waals surface area (Å²) >= 11 is 1.68. The lowest BCUT2D eigenvalue weighted by molar-refractivity contribution is 0.232. The number of rotatable bonds is 3. The first-order chi connectivity index (χ1) is 8.25. The van der Waals surface area contributed by atoms with Crippen LogP contribution in [0.25, 0.3) is 0 Å². The number of hydrogen-bond donors (Lipinski definition) is 2. The predicted octanol–water partition coefficient (Wildman–Crippen LogP) is 3.19. The van der Waals surface area contributed by atoms with Crippen molar-refractivity contribution in [1.82, 2.24) is 10.6 Å². The van der Waals surface area contributed by atoms with Gasteiger partial charge in [0.2, 0.25) is 0 Å². The van der Waals surface area contributed by atoms with Gasteiger partial charge in [0.25, 0.3) is 0 Å². The highest BCUT2D eigenvalue weighted by Gasteiger charge is 2.15. The van der Waals surface area contributed by atoms with Crippen LogP contribution in [0.2, 0.25) is 0 Å². The van der Waals surface area contributed by atoms with Crippen LogP contribution in [0, 0.1) is 6.92 Å². The van der Waals surface area contributed by atoms with Gasteiger partial charge in [0.05, 0.1) is 0 Å². The van der Waals surface area contributed by atoms with E-state index in [1.165, 1.54) is 30.4 Å². The lowest BCUT2D eigenvalue weighted by atomic mass is 9.96. The number of carbonyl (C=O) groups is 1. The highest BCUT2D eigenvalue weighted by atomic mass is 32.1. The molecule has 1 heterocycles. The van der Waals surface area contributed by atoms with Crippen LogP contribution in [0.15, 0.2) is 10.8 Å². The van der Waals surface area contributed by atoms with Gasteiger partial charge in [0, 0.05) is 12.6 Å². The fourth-order valence-electron chi connectivity index (χ4n) is 2.23. The molecule has 0 atom stereocenters. The Bertz CT molecular complexity index is 369. The second kappa shape index (κ2) is 6.05. The molecule has 0 saturated heterocycles. The zero-order valence-corrected chi connectivity index (χ0v) is 11.1. The fourth-order valence-corrected chi connectivity index (χ4v) is 3.08. The highest BCUT2D eigenvalue weighted by molar-refractivity contribution is 7.08. The second-order valence-corrected chi connectivity index (χ2v) is 5.49. The normalized spacial score (nSPS) is 16.8. The molecule has 0 bridgehead atoms. The first-order valence-corrected chi connectivity index (χ1v) is 7.26. The Morgan fingerprint density at radius 2 is 2.12 bits per heavy atom. The van der Waals surface area contributed by atoms with Crippen molar-refractivity contribution in [3.63, 3.8) is 0 Å². The van der Waals surface area contributed by atoms with E-state index in [0.717, 1.165) is 12.8 Å². The van der Waals surface area contributed by atoms with Gasteiger partial charge in [-0.1, -0.05) is 19.3 Å². The van der Waals surface area contributed by atoms with Gasteiger partial charge in [-0.15, -0.1) is 0 Å². The maximum atomic E-state index is 11.7. The summed E-state index contributed by atoms with van der Waals surface area (Å²) in [4.78, 5) is 11.7. The molecule has 0 aliphatic heterocycles. The molecule has 0 radical (unpaired) electrons. The third-order valence-electron chi connectivity index (χ3n) is 3.34. The van der Waals surface area contributed by atoms with Crippen LogP contribution < -0.4 is 10.6 Å². The van der Waals surface area contributed by atoms with Crippen LogP contribution in [0.1, 0.15) is 43.2 Å². The molecule has 0 unspecified atom stereocenters. The van der Waals surface area contributed by atoms with Crippen molar-refractivity contribution in [3.05, 3.63) is 21.9 Å². The molecule has 3 nitrogen and oxygen atoms in total. The van der Waals surface area contributed by atoms with Gasteiger partial charge < -0.3 is 10.6 Å². The van der Waals surface area contributed by atoms with Crippen molar-refractivity contribution in [2.24, 2.45) is 0 Å². The van der Waals surface area contributed by atoms with Gasteiger partial charge in [0.15, 0.2) is 0 Å². The molecule has 1 aromatic heterocycles. The van der Waals surface area contributed by atoms with Gasteiger partial charge >= 0.3 is 6.03 Å². The topological polar surface area (TPSA) is 41.1 Å². The molecule has 0 spiro atoms. The van der Waals surface area contributed by atoms with Crippen LogP contribution in [-0.2, 0) is 6.54 Å². The SMILES string of the molecule is Cc1cscc1CNC(=O)NC1CCCCC1. The van der Waals surface area contributed by atoms with Crippen LogP contribution in [0.5, 0.6) is 0 Å². The Balaban J connectivity index is 1.72. The number of urea groups is 1. The monoisotopic (exact) mass is 252 g/mol. The predicted molar refractivity (Wildman–Crippen MR) is 71.3 cm³/mol. The van der Waals surface area contributed by atoms with E-state index in [1.54, 1.807) is 11.3 Å². The molecule has 1 aromatic rings. The van der Waals surface area contributed by atoms with Crippen LogP contribution in [0.4, 0.5) is 4.79 Å². The third kappa shape index (κ3) is 3.73. The summed E-state index contributed by atoms with van der Waals surface area (Å²) in [6.45, 7) is 2.71. The smallest absolute Gasteiger partial charge is 0.315 e. The van der Waals surface area contributed by atoms with Crippen molar-refractivity contribution in [2.45, 2.75) is 51.6 Å². The minimum absolute atomic E-state index is 0.0255. The average molecular weight is 252 g/mol. The Morgan fingerprint density at radius 3 is 2.76 bits per heavy atom. The minimum Gasteiger partial charge on any atom is -0.335 e. The number of hydrogen-bond acceptors (Lipinski definition) is 2. The van der Waals surface area contributed by atoms with Crippen molar-refractivity contribution in [3.8, 4) is 0 Å². The molecule has 2 amide bonds. The van der Waals surface area contributed by atoms with Gasteiger partial charge in [0.1, 0.15) is 0 Å². The minimum atomic E-state index is -0.0255. The van der Waals surface area contributed by atoms with Gasteiger partial charge in [-0.05, 0) is 41.7 Å². The standard InChI is InChI=1S/C13H20N2OS/c1-10-8-17-9-11(10)7-14-13(16)15-12-5-3-2-4-6-12/h8-9,12H,2-7H2,1H3,(H2,14,15,16). The van der Waals surface area contributed by atoms with Gasteiger partial charge in [-0.3, -0.25) is 0 Å². The lowest BCUT2D eigenvalue weighted by Crippen LogP contribution is -2.42. The summed E-state index contributed by atoms with van der Waals surface area (Å²) in [6.07, 6.45) is 6.06. The van der Waals surface area contributed by atoms with Crippen molar-refractivity contribution >= 4 is 17.4 Å². The van der Waals surface area contributed by atoms with Crippen LogP contribution >= 0.6 is 11.3 Å². The number of amides is 2. The molecule has 1 aliphatic carbocycles. The number of aryl methyl sites for hydroxylation is 1. The Labute approximate surface area is 107 Å². The Morgan fingerprint density at radius 1 is 1.35 bits per heavy atom. The molecule has 1 aliphatic rings. The molecule has 1 saturated carbocycles. The van der Waals surface area contributed by atoms with Crippen molar-refractivity contribution < 1.29 is 4.79 Å². The zero-order chi connectivity index (χ0) is 12.1. The van der Waals surface area contributed by atoms with E-state index >= 15 is 0 Å². The maximum absolute atomic E-state index is 11.7. The second-order valence-electron chi connectivity index (χ2n) is 4.74. The van der Waals surface area contributed by atoms with Gasteiger partial charge in [-0.2, -0.15) is 11.3 Å². The quantitative estimate of drug-likeness (QED) is 0.852. The molecule has 0 aromatic carbocycles. The number of thiophene rings is 1. The summed E-state index contributed by atoms with van der Waals surface area (Å²) < 4.78 is 0. The Kier molecular flexibility index (Phi) is 4.42. The summed E-state index contributed by atoms with van der Waals surface area (Å²) in [5.74, 6) is 0. The van der Waals surface area contributed by atoms with E-state index in [0.29, 0.717) is 12.6 Å². The molecule has 17 heavy (non-hydrogen) atoms. The summed E-state index contributed by atoms with van der Waals surface area (Å²) in [5, 5.41) is 10.2. The van der Waals surface area contributed by atoms with Crippen LogP contribution in [0.3, 0.4) is 0 Å². The number of carbonyl (C=O) groups excluding carboxylic acids is 1. The molecule has 2 N–H and O–H groups in total. The average Bonchev–Trinajstić information content (AvgIpc) is 2.74. The molecule has 4 heteroatoms. The first kappa shape index (κ1) is 12.4. The van der Waals surface area contributed by atoms with Crippen molar-refractivity contribution in [1.29, 1.82) is 0 Å². The molecular weight excluding hydrogens is 232 g/mol.